The van der Waals surface area contributed by atoms with E-state index in [1.54, 1.807) is 7.11 Å². The number of rotatable bonds is 4. The van der Waals surface area contributed by atoms with E-state index in [2.05, 4.69) is 4.98 Å². The van der Waals surface area contributed by atoms with Crippen molar-refractivity contribution in [2.75, 3.05) is 7.11 Å². The summed E-state index contributed by atoms with van der Waals surface area (Å²) in [7, 11) is 1.71. The van der Waals surface area contributed by atoms with Gasteiger partial charge >= 0.3 is 0 Å². The monoisotopic (exact) mass is 211 g/mol. The molecule has 0 radical (unpaired) electrons. The molecule has 1 unspecified atom stereocenters. The van der Waals surface area contributed by atoms with Gasteiger partial charge in [0.15, 0.2) is 5.78 Å². The maximum Gasteiger partial charge on any atom is 0.178 e. The van der Waals surface area contributed by atoms with E-state index < -0.39 is 0 Å². The minimum absolute atomic E-state index is 0.0261. The molecule has 14 heavy (non-hydrogen) atoms. The molecule has 0 aliphatic heterocycles. The van der Waals surface area contributed by atoms with E-state index in [-0.39, 0.29) is 11.9 Å². The molecule has 2 rings (SSSR count). The second-order valence-corrected chi connectivity index (χ2v) is 4.51. The van der Waals surface area contributed by atoms with E-state index in [1.165, 1.54) is 31.1 Å². The van der Waals surface area contributed by atoms with Crippen molar-refractivity contribution in [3.63, 3.8) is 0 Å². The van der Waals surface area contributed by atoms with Gasteiger partial charge in [-0.05, 0) is 18.8 Å². The predicted octanol–water partition coefficient (Wildman–Crippen LogP) is 2.44. The van der Waals surface area contributed by atoms with Crippen LogP contribution in [0.25, 0.3) is 0 Å². The van der Waals surface area contributed by atoms with Gasteiger partial charge in [0.25, 0.3) is 0 Å². The van der Waals surface area contributed by atoms with Crippen molar-refractivity contribution in [1.82, 2.24) is 4.98 Å². The zero-order chi connectivity index (χ0) is 10.1. The highest BCUT2D eigenvalue weighted by Gasteiger charge is 2.34. The zero-order valence-electron chi connectivity index (χ0n) is 8.32. The fourth-order valence-electron chi connectivity index (χ4n) is 1.47. The summed E-state index contributed by atoms with van der Waals surface area (Å²) in [4.78, 5) is 15.3. The number of ketones is 1. The summed E-state index contributed by atoms with van der Waals surface area (Å²) < 4.78 is 5.39. The summed E-state index contributed by atoms with van der Waals surface area (Å²) in [6, 6.07) is 0. The Bertz CT molecular complexity index is 344. The summed E-state index contributed by atoms with van der Waals surface area (Å²) in [5.41, 5.74) is 0.563. The Kier molecular flexibility index (Phi) is 2.65. The van der Waals surface area contributed by atoms with Crippen molar-refractivity contribution in [3.8, 4) is 0 Å². The number of hydrogen-bond acceptors (Lipinski definition) is 4. The Balaban J connectivity index is 2.17. The fraction of sp³-hybridized carbons (Fsp3) is 0.600. The number of carbonyl (C=O) groups is 1. The van der Waals surface area contributed by atoms with Gasteiger partial charge in [-0.3, -0.25) is 4.79 Å². The van der Waals surface area contributed by atoms with Crippen molar-refractivity contribution < 1.29 is 9.53 Å². The number of ether oxygens (including phenoxy) is 1. The molecule has 1 atom stereocenters. The minimum atomic E-state index is 0.0261. The lowest BCUT2D eigenvalue weighted by Gasteiger charge is -2.09. The molecular weight excluding hydrogens is 198 g/mol. The molecule has 1 heterocycles. The van der Waals surface area contributed by atoms with Crippen LogP contribution in [0, 0.1) is 5.92 Å². The highest BCUT2D eigenvalue weighted by atomic mass is 32.1. The largest absolute Gasteiger partial charge is 0.374 e. The van der Waals surface area contributed by atoms with Crippen LogP contribution in [0.5, 0.6) is 0 Å². The van der Waals surface area contributed by atoms with E-state index in [1.807, 2.05) is 5.38 Å². The topological polar surface area (TPSA) is 39.2 Å². The Morgan fingerprint density at radius 3 is 2.86 bits per heavy atom. The van der Waals surface area contributed by atoms with Crippen LogP contribution in [-0.2, 0) is 4.74 Å². The number of aromatic nitrogens is 1. The fourth-order valence-corrected chi connectivity index (χ4v) is 2.50. The summed E-state index contributed by atoms with van der Waals surface area (Å²) in [5, 5.41) is 2.76. The summed E-state index contributed by atoms with van der Waals surface area (Å²) in [6.07, 6.45) is 2.54. The summed E-state index contributed by atoms with van der Waals surface area (Å²) in [6.45, 7) is 1.54. The number of thiazole rings is 1. The number of Topliss-reactive ketones (excluding diaryl/α,β-unsaturated/α-hetero) is 1. The van der Waals surface area contributed by atoms with Crippen LogP contribution in [0.4, 0.5) is 0 Å². The molecule has 1 aromatic rings. The average Bonchev–Trinajstić information content (AvgIpc) is 2.84. The van der Waals surface area contributed by atoms with Gasteiger partial charge < -0.3 is 4.74 Å². The number of methoxy groups -OCH3 is 1. The van der Waals surface area contributed by atoms with Crippen molar-refractivity contribution in [2.45, 2.75) is 25.9 Å². The normalized spacial score (nSPS) is 18.1. The maximum atomic E-state index is 11.1. The molecule has 4 heteroatoms. The van der Waals surface area contributed by atoms with Crippen LogP contribution in [0.15, 0.2) is 5.38 Å². The molecule has 1 aromatic heterocycles. The molecule has 0 spiro atoms. The molecule has 0 aromatic carbocycles. The van der Waals surface area contributed by atoms with Gasteiger partial charge in [0.05, 0.1) is 0 Å². The van der Waals surface area contributed by atoms with Crippen LogP contribution in [0.3, 0.4) is 0 Å². The molecule has 0 N–H and O–H groups in total. The van der Waals surface area contributed by atoms with Crippen molar-refractivity contribution in [3.05, 3.63) is 16.1 Å². The highest BCUT2D eigenvalue weighted by Crippen LogP contribution is 2.43. The second kappa shape index (κ2) is 3.79. The van der Waals surface area contributed by atoms with E-state index >= 15 is 0 Å². The number of hydrogen-bond donors (Lipinski definition) is 0. The average molecular weight is 211 g/mol. The van der Waals surface area contributed by atoms with Gasteiger partial charge in [-0.2, -0.15) is 0 Å². The van der Waals surface area contributed by atoms with Gasteiger partial charge in [0.2, 0.25) is 0 Å². The number of nitrogens with zero attached hydrogens (tertiary/aromatic N) is 1. The van der Waals surface area contributed by atoms with Gasteiger partial charge in [0, 0.05) is 19.4 Å². The minimum Gasteiger partial charge on any atom is -0.374 e. The van der Waals surface area contributed by atoms with E-state index in [4.69, 9.17) is 4.74 Å². The van der Waals surface area contributed by atoms with Crippen LogP contribution < -0.4 is 0 Å². The quantitative estimate of drug-likeness (QED) is 0.718. The molecule has 1 aliphatic rings. The van der Waals surface area contributed by atoms with Crippen LogP contribution in [0.2, 0.25) is 0 Å². The molecular formula is C10H13NO2S. The first-order chi connectivity index (χ1) is 6.72. The molecule has 1 fully saturated rings. The van der Waals surface area contributed by atoms with Crippen molar-refractivity contribution >= 4 is 17.1 Å². The summed E-state index contributed by atoms with van der Waals surface area (Å²) >= 11 is 1.52. The Hall–Kier alpha value is -0.740. The van der Waals surface area contributed by atoms with E-state index in [9.17, 15) is 4.79 Å². The van der Waals surface area contributed by atoms with Crippen molar-refractivity contribution in [1.29, 1.82) is 0 Å². The molecule has 0 amide bonds. The van der Waals surface area contributed by atoms with Crippen molar-refractivity contribution in [2.24, 2.45) is 5.92 Å². The lowest BCUT2D eigenvalue weighted by Crippen LogP contribution is -2.04. The van der Waals surface area contributed by atoms with E-state index in [0.29, 0.717) is 11.6 Å². The molecule has 3 nitrogen and oxygen atoms in total. The van der Waals surface area contributed by atoms with Gasteiger partial charge in [0.1, 0.15) is 16.8 Å². The van der Waals surface area contributed by atoms with Crippen LogP contribution in [0.1, 0.15) is 41.4 Å². The first kappa shape index (κ1) is 9.80. The van der Waals surface area contributed by atoms with Crippen LogP contribution >= 0.6 is 11.3 Å². The first-order valence-corrected chi connectivity index (χ1v) is 5.59. The lowest BCUT2D eigenvalue weighted by atomic mass is 10.2. The Labute approximate surface area is 87.1 Å². The second-order valence-electron chi connectivity index (χ2n) is 3.62. The third-order valence-corrected chi connectivity index (χ3v) is 3.34. The molecule has 1 saturated carbocycles. The van der Waals surface area contributed by atoms with Crippen LogP contribution in [-0.4, -0.2) is 17.9 Å². The smallest absolute Gasteiger partial charge is 0.178 e. The first-order valence-electron chi connectivity index (χ1n) is 4.71. The third kappa shape index (κ3) is 1.86. The molecule has 1 aliphatic carbocycles. The van der Waals surface area contributed by atoms with Gasteiger partial charge in [-0.1, -0.05) is 0 Å². The summed E-state index contributed by atoms with van der Waals surface area (Å²) in [5.74, 6) is 0.643. The Morgan fingerprint density at radius 2 is 2.43 bits per heavy atom. The third-order valence-electron chi connectivity index (χ3n) is 2.43. The Morgan fingerprint density at radius 1 is 1.71 bits per heavy atom. The molecule has 0 bridgehead atoms. The predicted molar refractivity (Wildman–Crippen MR) is 54.6 cm³/mol. The van der Waals surface area contributed by atoms with E-state index in [0.717, 1.165) is 5.01 Å². The number of carbonyl (C=O) groups excluding carboxylic acids is 1. The molecule has 0 saturated heterocycles. The lowest BCUT2D eigenvalue weighted by molar-refractivity contribution is 0.0840. The highest BCUT2D eigenvalue weighted by molar-refractivity contribution is 7.09. The zero-order valence-corrected chi connectivity index (χ0v) is 9.13. The van der Waals surface area contributed by atoms with Gasteiger partial charge in [-0.15, -0.1) is 11.3 Å². The molecule has 76 valence electrons. The SMILES string of the molecule is COC(c1nc(C(C)=O)cs1)C1CC1. The van der Waals surface area contributed by atoms with Gasteiger partial charge in [-0.25, -0.2) is 4.98 Å². The maximum absolute atomic E-state index is 11.1. The standard InChI is InChI=1S/C10H13NO2S/c1-6(12)8-5-14-10(11-8)9(13-2)7-3-4-7/h5,7,9H,3-4H2,1-2H3.